The van der Waals surface area contributed by atoms with Crippen molar-refractivity contribution < 1.29 is 19.4 Å². The summed E-state index contributed by atoms with van der Waals surface area (Å²) in [4.78, 5) is 13.2. The van der Waals surface area contributed by atoms with E-state index in [-0.39, 0.29) is 6.09 Å². The molecule has 1 aromatic rings. The summed E-state index contributed by atoms with van der Waals surface area (Å²) in [6, 6.07) is 7.51. The Kier molecular flexibility index (Phi) is 3.72. The highest BCUT2D eigenvalue weighted by Crippen LogP contribution is 2.18. The molecule has 0 saturated carbocycles. The standard InChI is InChI=1S/C13H17NO4/c1-9(15)12-8-14(13(16)18-12)7-10-3-5-11(17-2)6-4-10/h3-6,9,12,15H,7-8H2,1-2H3. The van der Waals surface area contributed by atoms with Gasteiger partial charge in [-0.15, -0.1) is 0 Å². The van der Waals surface area contributed by atoms with E-state index >= 15 is 0 Å². The van der Waals surface area contributed by atoms with Gasteiger partial charge in [-0.25, -0.2) is 4.79 Å². The summed E-state index contributed by atoms with van der Waals surface area (Å²) >= 11 is 0. The minimum absolute atomic E-state index is 0.378. The average molecular weight is 251 g/mol. The van der Waals surface area contributed by atoms with Crippen molar-refractivity contribution >= 4 is 6.09 Å². The number of aliphatic hydroxyl groups excluding tert-OH is 1. The Bertz CT molecular complexity index is 416. The summed E-state index contributed by atoms with van der Waals surface area (Å²) in [5.41, 5.74) is 0.999. The molecule has 1 N–H and O–H groups in total. The molecule has 2 atom stereocenters. The molecule has 5 nitrogen and oxygen atoms in total. The minimum atomic E-state index is -0.644. The van der Waals surface area contributed by atoms with Gasteiger partial charge >= 0.3 is 6.09 Å². The molecular weight excluding hydrogens is 234 g/mol. The molecule has 0 radical (unpaired) electrons. The smallest absolute Gasteiger partial charge is 0.410 e. The van der Waals surface area contributed by atoms with Gasteiger partial charge in [0.1, 0.15) is 11.9 Å². The van der Waals surface area contributed by atoms with Crippen LogP contribution < -0.4 is 4.74 Å². The number of methoxy groups -OCH3 is 1. The van der Waals surface area contributed by atoms with E-state index in [0.717, 1.165) is 11.3 Å². The van der Waals surface area contributed by atoms with Crippen molar-refractivity contribution in [1.82, 2.24) is 4.90 Å². The maximum absolute atomic E-state index is 11.6. The van der Waals surface area contributed by atoms with Crippen LogP contribution in [0.1, 0.15) is 12.5 Å². The van der Waals surface area contributed by atoms with Gasteiger partial charge in [0.2, 0.25) is 0 Å². The van der Waals surface area contributed by atoms with Crippen molar-refractivity contribution in [1.29, 1.82) is 0 Å². The SMILES string of the molecule is COc1ccc(CN2CC(C(C)O)OC2=O)cc1. The number of carbonyl (C=O) groups is 1. The van der Waals surface area contributed by atoms with E-state index in [1.807, 2.05) is 24.3 Å². The van der Waals surface area contributed by atoms with Crippen LogP contribution in [-0.2, 0) is 11.3 Å². The Morgan fingerprint density at radius 1 is 1.50 bits per heavy atom. The van der Waals surface area contributed by atoms with E-state index in [0.29, 0.717) is 13.1 Å². The normalized spacial score (nSPS) is 20.7. The summed E-state index contributed by atoms with van der Waals surface area (Å²) in [5, 5.41) is 9.40. The second kappa shape index (κ2) is 5.27. The second-order valence-corrected chi connectivity index (χ2v) is 4.39. The third kappa shape index (κ3) is 2.73. The quantitative estimate of drug-likeness (QED) is 0.878. The Labute approximate surface area is 106 Å². The van der Waals surface area contributed by atoms with Gasteiger partial charge in [0.25, 0.3) is 0 Å². The molecule has 2 rings (SSSR count). The molecule has 1 fully saturated rings. The predicted octanol–water partition coefficient (Wildman–Crippen LogP) is 1.40. The third-order valence-electron chi connectivity index (χ3n) is 2.98. The van der Waals surface area contributed by atoms with Gasteiger partial charge in [-0.05, 0) is 24.6 Å². The average Bonchev–Trinajstić information content (AvgIpc) is 2.72. The van der Waals surface area contributed by atoms with Crippen LogP contribution in [0.3, 0.4) is 0 Å². The van der Waals surface area contributed by atoms with E-state index in [9.17, 15) is 9.90 Å². The topological polar surface area (TPSA) is 59.0 Å². The highest BCUT2D eigenvalue weighted by atomic mass is 16.6. The lowest BCUT2D eigenvalue weighted by atomic mass is 10.2. The number of carbonyl (C=O) groups excluding carboxylic acids is 1. The van der Waals surface area contributed by atoms with Gasteiger partial charge in [-0.2, -0.15) is 0 Å². The number of cyclic esters (lactones) is 1. The molecule has 1 heterocycles. The maximum Gasteiger partial charge on any atom is 0.410 e. The van der Waals surface area contributed by atoms with Crippen molar-refractivity contribution in [2.75, 3.05) is 13.7 Å². The zero-order valence-electron chi connectivity index (χ0n) is 10.5. The maximum atomic E-state index is 11.6. The molecule has 1 aliphatic rings. The lowest BCUT2D eigenvalue weighted by molar-refractivity contribution is 0.0437. The Balaban J connectivity index is 1.98. The van der Waals surface area contributed by atoms with Gasteiger partial charge in [-0.3, -0.25) is 0 Å². The molecule has 1 aliphatic heterocycles. The van der Waals surface area contributed by atoms with Gasteiger partial charge in [0.05, 0.1) is 19.8 Å². The molecular formula is C13H17NO4. The van der Waals surface area contributed by atoms with E-state index in [4.69, 9.17) is 9.47 Å². The fourth-order valence-corrected chi connectivity index (χ4v) is 1.86. The first-order valence-corrected chi connectivity index (χ1v) is 5.86. The zero-order valence-corrected chi connectivity index (χ0v) is 10.5. The highest BCUT2D eigenvalue weighted by molar-refractivity contribution is 5.70. The summed E-state index contributed by atoms with van der Waals surface area (Å²) in [6.45, 7) is 2.52. The number of benzene rings is 1. The van der Waals surface area contributed by atoms with Gasteiger partial charge in [-0.1, -0.05) is 12.1 Å². The summed E-state index contributed by atoms with van der Waals surface area (Å²) < 4.78 is 10.1. The number of ether oxygens (including phenoxy) is 2. The fourth-order valence-electron chi connectivity index (χ4n) is 1.86. The highest BCUT2D eigenvalue weighted by Gasteiger charge is 2.33. The number of hydrogen-bond donors (Lipinski definition) is 1. The van der Waals surface area contributed by atoms with Crippen LogP contribution in [0.2, 0.25) is 0 Å². The first kappa shape index (κ1) is 12.7. The summed E-state index contributed by atoms with van der Waals surface area (Å²) in [7, 11) is 1.61. The van der Waals surface area contributed by atoms with Gasteiger partial charge in [0, 0.05) is 6.54 Å². The Morgan fingerprint density at radius 3 is 2.67 bits per heavy atom. The molecule has 1 aromatic carbocycles. The molecule has 1 saturated heterocycles. The molecule has 0 bridgehead atoms. The fraction of sp³-hybridized carbons (Fsp3) is 0.462. The van der Waals surface area contributed by atoms with E-state index in [1.54, 1.807) is 18.9 Å². The minimum Gasteiger partial charge on any atom is -0.497 e. The van der Waals surface area contributed by atoms with E-state index < -0.39 is 12.2 Å². The van der Waals surface area contributed by atoms with Crippen LogP contribution in [0.25, 0.3) is 0 Å². The number of amides is 1. The van der Waals surface area contributed by atoms with Crippen LogP contribution in [0.5, 0.6) is 5.75 Å². The molecule has 0 spiro atoms. The van der Waals surface area contributed by atoms with Crippen molar-refractivity contribution in [3.05, 3.63) is 29.8 Å². The van der Waals surface area contributed by atoms with Gasteiger partial charge < -0.3 is 19.5 Å². The zero-order chi connectivity index (χ0) is 13.1. The predicted molar refractivity (Wildman–Crippen MR) is 65.4 cm³/mol. The number of nitrogens with zero attached hydrogens (tertiary/aromatic N) is 1. The number of hydrogen-bond acceptors (Lipinski definition) is 4. The summed E-state index contributed by atoms with van der Waals surface area (Å²) in [6.07, 6.45) is -1.46. The first-order chi connectivity index (χ1) is 8.60. The first-order valence-electron chi connectivity index (χ1n) is 5.86. The number of rotatable bonds is 4. The van der Waals surface area contributed by atoms with Crippen molar-refractivity contribution in [2.45, 2.75) is 25.7 Å². The lowest BCUT2D eigenvalue weighted by Gasteiger charge is -2.13. The Hall–Kier alpha value is -1.75. The molecule has 1 amide bonds. The van der Waals surface area contributed by atoms with Crippen molar-refractivity contribution in [2.24, 2.45) is 0 Å². The van der Waals surface area contributed by atoms with Crippen LogP contribution in [0.4, 0.5) is 4.79 Å². The van der Waals surface area contributed by atoms with Crippen LogP contribution in [0.15, 0.2) is 24.3 Å². The molecule has 0 aromatic heterocycles. The molecule has 2 unspecified atom stereocenters. The summed E-state index contributed by atoms with van der Waals surface area (Å²) in [5.74, 6) is 0.782. The van der Waals surface area contributed by atoms with E-state index in [2.05, 4.69) is 0 Å². The number of aliphatic hydroxyl groups is 1. The molecule has 98 valence electrons. The van der Waals surface area contributed by atoms with Crippen LogP contribution in [-0.4, -0.2) is 42.0 Å². The lowest BCUT2D eigenvalue weighted by Crippen LogP contribution is -2.28. The van der Waals surface area contributed by atoms with E-state index in [1.165, 1.54) is 0 Å². The monoisotopic (exact) mass is 251 g/mol. The third-order valence-corrected chi connectivity index (χ3v) is 2.98. The van der Waals surface area contributed by atoms with Crippen molar-refractivity contribution in [3.8, 4) is 5.75 Å². The second-order valence-electron chi connectivity index (χ2n) is 4.39. The molecule has 18 heavy (non-hydrogen) atoms. The molecule has 0 aliphatic carbocycles. The van der Waals surface area contributed by atoms with Crippen LogP contribution >= 0.6 is 0 Å². The van der Waals surface area contributed by atoms with Gasteiger partial charge in [0.15, 0.2) is 0 Å². The Morgan fingerprint density at radius 2 is 2.17 bits per heavy atom. The van der Waals surface area contributed by atoms with Crippen LogP contribution in [0, 0.1) is 0 Å². The van der Waals surface area contributed by atoms with Crippen molar-refractivity contribution in [3.63, 3.8) is 0 Å². The largest absolute Gasteiger partial charge is 0.497 e. The molecule has 5 heteroatoms.